The zero-order chi connectivity index (χ0) is 19.1. The maximum atomic E-state index is 12.1. The first-order valence-electron chi connectivity index (χ1n) is 9.10. The van der Waals surface area contributed by atoms with E-state index >= 15 is 0 Å². The Balaban J connectivity index is 2.00. The quantitative estimate of drug-likeness (QED) is 0.588. The summed E-state index contributed by atoms with van der Waals surface area (Å²) in [7, 11) is 1.63. The summed E-state index contributed by atoms with van der Waals surface area (Å²) in [6, 6.07) is 5.76. The number of aliphatic imine (C=N–C) groups is 1. The molecule has 7 heteroatoms. The average Bonchev–Trinajstić information content (AvgIpc) is 3.08. The molecule has 1 unspecified atom stereocenters. The van der Waals surface area contributed by atoms with Crippen molar-refractivity contribution in [2.75, 3.05) is 26.7 Å². The molecule has 1 aliphatic heterocycles. The number of rotatable bonds is 6. The molecule has 1 fully saturated rings. The van der Waals surface area contributed by atoms with Crippen LogP contribution in [0.15, 0.2) is 23.2 Å². The van der Waals surface area contributed by atoms with E-state index in [-0.39, 0.29) is 17.9 Å². The Morgan fingerprint density at radius 1 is 1.46 bits per heavy atom. The van der Waals surface area contributed by atoms with Gasteiger partial charge in [-0.15, -0.1) is 0 Å². The van der Waals surface area contributed by atoms with Gasteiger partial charge in [0.25, 0.3) is 0 Å². The van der Waals surface area contributed by atoms with E-state index in [4.69, 9.17) is 16.3 Å². The Morgan fingerprint density at radius 3 is 2.88 bits per heavy atom. The van der Waals surface area contributed by atoms with E-state index in [0.29, 0.717) is 18.1 Å². The number of hydrogen-bond donors (Lipinski definition) is 2. The van der Waals surface area contributed by atoms with E-state index in [1.165, 1.54) is 0 Å². The smallest absolute Gasteiger partial charge is 0.225 e. The first-order valence-corrected chi connectivity index (χ1v) is 9.48. The van der Waals surface area contributed by atoms with Crippen LogP contribution in [-0.2, 0) is 11.3 Å². The van der Waals surface area contributed by atoms with Gasteiger partial charge in [0.2, 0.25) is 5.91 Å². The molecule has 2 N–H and O–H groups in total. The highest BCUT2D eigenvalue weighted by Crippen LogP contribution is 2.23. The second-order valence-corrected chi connectivity index (χ2v) is 7.16. The molecule has 1 aliphatic rings. The van der Waals surface area contributed by atoms with Crippen molar-refractivity contribution >= 4 is 23.5 Å². The third kappa shape index (κ3) is 5.53. The molecule has 1 atom stereocenters. The zero-order valence-electron chi connectivity index (χ0n) is 16.0. The second kappa shape index (κ2) is 9.67. The Labute approximate surface area is 161 Å². The number of carbonyl (C=O) groups excluding carboxylic acids is 1. The standard InChI is InChI=1S/C19H29ClN4O2/c1-5-21-19(22-11-14-6-7-15(20)10-17(14)26-4)23-16-8-9-24(12-16)18(25)13(2)3/h6-7,10,13,16H,5,8-9,11-12H2,1-4H3,(H2,21,22,23). The lowest BCUT2D eigenvalue weighted by Crippen LogP contribution is -2.45. The number of nitrogens with one attached hydrogen (secondary N) is 2. The number of hydrogen-bond acceptors (Lipinski definition) is 3. The lowest BCUT2D eigenvalue weighted by Gasteiger charge is -2.20. The summed E-state index contributed by atoms with van der Waals surface area (Å²) >= 11 is 6.01. The van der Waals surface area contributed by atoms with Gasteiger partial charge in [-0.2, -0.15) is 0 Å². The molecule has 2 rings (SSSR count). The molecule has 0 aromatic heterocycles. The van der Waals surface area contributed by atoms with Gasteiger partial charge in [-0.1, -0.05) is 31.5 Å². The van der Waals surface area contributed by atoms with Gasteiger partial charge in [-0.25, -0.2) is 4.99 Å². The summed E-state index contributed by atoms with van der Waals surface area (Å²) < 4.78 is 5.38. The van der Waals surface area contributed by atoms with Crippen LogP contribution in [0.1, 0.15) is 32.8 Å². The molecule has 144 valence electrons. The van der Waals surface area contributed by atoms with Gasteiger partial charge in [0, 0.05) is 42.2 Å². The predicted octanol–water partition coefficient (Wildman–Crippen LogP) is 2.66. The monoisotopic (exact) mass is 380 g/mol. The summed E-state index contributed by atoms with van der Waals surface area (Å²) in [6.45, 7) is 8.66. The van der Waals surface area contributed by atoms with Gasteiger partial charge in [-0.3, -0.25) is 4.79 Å². The van der Waals surface area contributed by atoms with E-state index in [2.05, 4.69) is 15.6 Å². The second-order valence-electron chi connectivity index (χ2n) is 6.72. The zero-order valence-corrected chi connectivity index (χ0v) is 16.8. The highest BCUT2D eigenvalue weighted by atomic mass is 35.5. The van der Waals surface area contributed by atoms with Crippen LogP contribution in [0.25, 0.3) is 0 Å². The SMILES string of the molecule is CCNC(=NCc1ccc(Cl)cc1OC)NC1CCN(C(=O)C(C)C)C1. The molecule has 1 heterocycles. The van der Waals surface area contributed by atoms with Crippen molar-refractivity contribution in [3.63, 3.8) is 0 Å². The van der Waals surface area contributed by atoms with Crippen LogP contribution < -0.4 is 15.4 Å². The maximum absolute atomic E-state index is 12.1. The predicted molar refractivity (Wildman–Crippen MR) is 106 cm³/mol. The van der Waals surface area contributed by atoms with Crippen molar-refractivity contribution < 1.29 is 9.53 Å². The summed E-state index contributed by atoms with van der Waals surface area (Å²) in [5.41, 5.74) is 0.970. The van der Waals surface area contributed by atoms with Crippen LogP contribution >= 0.6 is 11.6 Å². The van der Waals surface area contributed by atoms with Crippen molar-refractivity contribution in [1.82, 2.24) is 15.5 Å². The largest absolute Gasteiger partial charge is 0.496 e. The van der Waals surface area contributed by atoms with Crippen molar-refractivity contribution in [2.24, 2.45) is 10.9 Å². The number of nitrogens with zero attached hydrogens (tertiary/aromatic N) is 2. The van der Waals surface area contributed by atoms with Gasteiger partial charge in [0.15, 0.2) is 5.96 Å². The third-order valence-corrected chi connectivity index (χ3v) is 4.57. The summed E-state index contributed by atoms with van der Waals surface area (Å²) in [5, 5.41) is 7.34. The fourth-order valence-corrected chi connectivity index (χ4v) is 3.13. The Morgan fingerprint density at radius 2 is 2.23 bits per heavy atom. The molecule has 6 nitrogen and oxygen atoms in total. The van der Waals surface area contributed by atoms with Gasteiger partial charge in [-0.05, 0) is 25.5 Å². The van der Waals surface area contributed by atoms with Crippen LogP contribution in [0.3, 0.4) is 0 Å². The number of guanidine groups is 1. The van der Waals surface area contributed by atoms with E-state index in [9.17, 15) is 4.79 Å². The molecule has 1 aromatic carbocycles. The molecular formula is C19H29ClN4O2. The number of carbonyl (C=O) groups is 1. The summed E-state index contributed by atoms with van der Waals surface area (Å²) in [5.74, 6) is 1.72. The van der Waals surface area contributed by atoms with Crippen LogP contribution in [0.5, 0.6) is 5.75 Å². The van der Waals surface area contributed by atoms with Crippen LogP contribution in [0.4, 0.5) is 0 Å². The lowest BCUT2D eigenvalue weighted by atomic mass is 10.2. The molecule has 0 bridgehead atoms. The van der Waals surface area contributed by atoms with Gasteiger partial charge in [0.05, 0.1) is 13.7 Å². The van der Waals surface area contributed by atoms with Crippen LogP contribution in [0, 0.1) is 5.92 Å². The van der Waals surface area contributed by atoms with E-state index < -0.39 is 0 Å². The normalized spacial score (nSPS) is 17.5. The number of likely N-dealkylation sites (tertiary alicyclic amines) is 1. The highest BCUT2D eigenvalue weighted by Gasteiger charge is 2.27. The van der Waals surface area contributed by atoms with Crippen LogP contribution in [-0.4, -0.2) is 49.6 Å². The van der Waals surface area contributed by atoms with Crippen molar-refractivity contribution in [1.29, 1.82) is 0 Å². The minimum atomic E-state index is 0.0352. The number of amides is 1. The Bertz CT molecular complexity index is 648. The first-order chi connectivity index (χ1) is 12.4. The number of halogens is 1. The highest BCUT2D eigenvalue weighted by molar-refractivity contribution is 6.30. The Hall–Kier alpha value is -1.95. The molecule has 26 heavy (non-hydrogen) atoms. The van der Waals surface area contributed by atoms with Crippen molar-refractivity contribution in [3.05, 3.63) is 28.8 Å². The molecule has 0 spiro atoms. The number of methoxy groups -OCH3 is 1. The van der Waals surface area contributed by atoms with Gasteiger partial charge in [0.1, 0.15) is 5.75 Å². The fourth-order valence-electron chi connectivity index (χ4n) is 2.97. The first kappa shape index (κ1) is 20.4. The summed E-state index contributed by atoms with van der Waals surface area (Å²) in [6.07, 6.45) is 0.924. The third-order valence-electron chi connectivity index (χ3n) is 4.34. The minimum absolute atomic E-state index is 0.0352. The van der Waals surface area contributed by atoms with Crippen molar-refractivity contribution in [2.45, 2.75) is 39.8 Å². The van der Waals surface area contributed by atoms with Gasteiger partial charge >= 0.3 is 0 Å². The fraction of sp³-hybridized carbons (Fsp3) is 0.579. The maximum Gasteiger partial charge on any atom is 0.225 e. The molecule has 1 aromatic rings. The molecule has 1 amide bonds. The number of benzene rings is 1. The molecule has 0 radical (unpaired) electrons. The van der Waals surface area contributed by atoms with E-state index in [0.717, 1.165) is 36.8 Å². The molecule has 1 saturated heterocycles. The Kier molecular flexibility index (Phi) is 7.57. The van der Waals surface area contributed by atoms with Gasteiger partial charge < -0.3 is 20.3 Å². The van der Waals surface area contributed by atoms with Crippen LogP contribution in [0.2, 0.25) is 5.02 Å². The molecule has 0 saturated carbocycles. The summed E-state index contributed by atoms with van der Waals surface area (Å²) in [4.78, 5) is 18.7. The number of ether oxygens (including phenoxy) is 1. The molecule has 0 aliphatic carbocycles. The van der Waals surface area contributed by atoms with Crippen molar-refractivity contribution in [3.8, 4) is 5.75 Å². The average molecular weight is 381 g/mol. The minimum Gasteiger partial charge on any atom is -0.496 e. The topological polar surface area (TPSA) is 66.0 Å². The van der Waals surface area contributed by atoms with E-state index in [1.54, 1.807) is 13.2 Å². The molecular weight excluding hydrogens is 352 g/mol. The van der Waals surface area contributed by atoms with E-state index in [1.807, 2.05) is 37.8 Å². The lowest BCUT2D eigenvalue weighted by molar-refractivity contribution is -0.133.